The number of ether oxygens (including phenoxy) is 1. The van der Waals surface area contributed by atoms with Crippen molar-refractivity contribution in [1.29, 1.82) is 0 Å². The lowest BCUT2D eigenvalue weighted by molar-refractivity contribution is -0.124. The van der Waals surface area contributed by atoms with Crippen LogP contribution in [0.1, 0.15) is 70.4 Å². The molecule has 3 aromatic rings. The summed E-state index contributed by atoms with van der Waals surface area (Å²) in [5.41, 5.74) is -0.198. The van der Waals surface area contributed by atoms with Crippen molar-refractivity contribution in [3.8, 4) is 5.75 Å². The number of amidine groups is 1. The van der Waals surface area contributed by atoms with Gasteiger partial charge in [0.2, 0.25) is 0 Å². The fraction of sp³-hybridized carbons (Fsp3) is 0.290. The average molecular weight is 636 g/mol. The largest absolute Gasteiger partial charge is 0.496 e. The summed E-state index contributed by atoms with van der Waals surface area (Å²) in [6.07, 6.45) is 3.40. The van der Waals surface area contributed by atoms with Gasteiger partial charge in [-0.1, -0.05) is 26.0 Å². The molecule has 4 N–H and O–H groups in total. The zero-order valence-electron chi connectivity index (χ0n) is 25.0. The zero-order valence-corrected chi connectivity index (χ0v) is 25.8. The number of hydrogen-bond donors (Lipinski definition) is 4. The molecule has 1 aliphatic carbocycles. The molecule has 0 radical (unpaired) electrons. The summed E-state index contributed by atoms with van der Waals surface area (Å²) in [6, 6.07) is 14.9. The van der Waals surface area contributed by atoms with Gasteiger partial charge >= 0.3 is 5.97 Å². The average Bonchev–Trinajstić information content (AvgIpc) is 3.78. The fourth-order valence-electron chi connectivity index (χ4n) is 4.17. The standard InChI is InChI=1S/C18H18N2O5S.C13H15N3O3/c1-25-16-5-3-2-4-15(16)18(22)20-26(23,24)14-10-6-12(7-11-14)17(21)19-13-8-9-13;1-7(2)13(3)12(19)15-10(16-13)9-8(11(17)18)5-4-6-14-9/h2-7,10-11,13H,8-9H2,1H3,(H,19,21)(H,20,22);4-7H,1-3H3,(H,17,18)(H,15,16,19). The SMILES string of the molecule is CC(C)C1(C)N=C(c2ncccc2C(=O)O)NC1=O.COc1ccccc1C(=O)NS(=O)(=O)c1ccc(C(=O)NC2CC2)cc1. The van der Waals surface area contributed by atoms with Crippen LogP contribution in [0.25, 0.3) is 0 Å². The molecule has 1 unspecified atom stereocenters. The van der Waals surface area contributed by atoms with Crippen LogP contribution in [-0.2, 0) is 14.8 Å². The number of aliphatic imine (C=N–C) groups is 1. The van der Waals surface area contributed by atoms with Gasteiger partial charge in [-0.3, -0.25) is 19.4 Å². The minimum absolute atomic E-state index is 0.00184. The summed E-state index contributed by atoms with van der Waals surface area (Å²) in [5.74, 6) is -1.88. The number of carbonyl (C=O) groups excluding carboxylic acids is 3. The van der Waals surface area contributed by atoms with Gasteiger partial charge in [-0.05, 0) is 74.2 Å². The Bertz CT molecular complexity index is 1770. The number of rotatable bonds is 9. The smallest absolute Gasteiger partial charge is 0.338 e. The molecule has 3 amide bonds. The lowest BCUT2D eigenvalue weighted by Gasteiger charge is -2.21. The highest BCUT2D eigenvalue weighted by molar-refractivity contribution is 7.90. The van der Waals surface area contributed by atoms with E-state index in [1.165, 1.54) is 55.8 Å². The summed E-state index contributed by atoms with van der Waals surface area (Å²) >= 11 is 0. The number of pyridine rings is 1. The molecule has 0 bridgehead atoms. The number of nitrogens with one attached hydrogen (secondary N) is 3. The molecule has 5 rings (SSSR count). The molecule has 1 aromatic heterocycles. The van der Waals surface area contributed by atoms with Gasteiger partial charge in [-0.2, -0.15) is 0 Å². The highest BCUT2D eigenvalue weighted by Crippen LogP contribution is 2.27. The van der Waals surface area contributed by atoms with Crippen LogP contribution in [0.2, 0.25) is 0 Å². The molecule has 1 saturated carbocycles. The first-order valence-corrected chi connectivity index (χ1v) is 15.5. The van der Waals surface area contributed by atoms with Crippen molar-refractivity contribution in [2.24, 2.45) is 10.9 Å². The number of aromatic nitrogens is 1. The number of amides is 3. The molecule has 13 nitrogen and oxygen atoms in total. The highest BCUT2D eigenvalue weighted by Gasteiger charge is 2.43. The lowest BCUT2D eigenvalue weighted by Crippen LogP contribution is -2.41. The number of nitrogens with zero attached hydrogens (tertiary/aromatic N) is 2. The van der Waals surface area contributed by atoms with Crippen molar-refractivity contribution in [3.05, 3.63) is 89.2 Å². The second-order valence-electron chi connectivity index (χ2n) is 10.8. The summed E-state index contributed by atoms with van der Waals surface area (Å²) in [4.78, 5) is 55.6. The third-order valence-electron chi connectivity index (χ3n) is 7.34. The number of hydrogen-bond acceptors (Lipinski definition) is 9. The molecule has 236 valence electrons. The molecule has 0 saturated heterocycles. The molecular weight excluding hydrogens is 602 g/mol. The first-order valence-electron chi connectivity index (χ1n) is 14.0. The third kappa shape index (κ3) is 7.52. The summed E-state index contributed by atoms with van der Waals surface area (Å²) in [5, 5.41) is 14.6. The summed E-state index contributed by atoms with van der Waals surface area (Å²) in [6.45, 7) is 5.51. The fourth-order valence-corrected chi connectivity index (χ4v) is 5.13. The molecule has 1 fully saturated rings. The van der Waals surface area contributed by atoms with Gasteiger partial charge in [0.25, 0.3) is 27.7 Å². The molecule has 2 aliphatic rings. The Kier molecular flexibility index (Phi) is 9.66. The van der Waals surface area contributed by atoms with Crippen LogP contribution >= 0.6 is 0 Å². The van der Waals surface area contributed by atoms with Crippen LogP contribution in [-0.4, -0.2) is 66.7 Å². The first-order chi connectivity index (χ1) is 21.3. The number of methoxy groups -OCH3 is 1. The Morgan fingerprint density at radius 1 is 1.00 bits per heavy atom. The number of carboxylic acid groups (broad SMARTS) is 1. The van der Waals surface area contributed by atoms with E-state index in [-0.39, 0.29) is 57.1 Å². The number of sulfonamides is 1. The minimum Gasteiger partial charge on any atom is -0.496 e. The summed E-state index contributed by atoms with van der Waals surface area (Å²) in [7, 11) is -2.68. The van der Waals surface area contributed by atoms with Crippen LogP contribution < -0.4 is 20.1 Å². The maximum absolute atomic E-state index is 12.4. The Morgan fingerprint density at radius 2 is 1.64 bits per heavy atom. The normalized spacial score (nSPS) is 17.4. The van der Waals surface area contributed by atoms with E-state index in [1.54, 1.807) is 25.1 Å². The van der Waals surface area contributed by atoms with E-state index >= 15 is 0 Å². The topological polar surface area (TPSA) is 193 Å². The van der Waals surface area contributed by atoms with E-state index in [0.717, 1.165) is 12.8 Å². The molecule has 2 aromatic carbocycles. The lowest BCUT2D eigenvalue weighted by atomic mass is 9.89. The van der Waals surface area contributed by atoms with Gasteiger partial charge in [-0.25, -0.2) is 22.9 Å². The minimum atomic E-state index is -4.07. The third-order valence-corrected chi connectivity index (χ3v) is 8.69. The first kappa shape index (κ1) is 32.8. The van der Waals surface area contributed by atoms with E-state index in [4.69, 9.17) is 9.84 Å². The second-order valence-corrected chi connectivity index (χ2v) is 12.5. The second kappa shape index (κ2) is 13.3. The predicted octanol–water partition coefficient (Wildman–Crippen LogP) is 2.78. The van der Waals surface area contributed by atoms with Crippen LogP contribution in [0.15, 0.2) is 76.7 Å². The maximum Gasteiger partial charge on any atom is 0.338 e. The van der Waals surface area contributed by atoms with Gasteiger partial charge < -0.3 is 20.5 Å². The Labute approximate surface area is 260 Å². The molecule has 2 heterocycles. The molecule has 0 spiro atoms. The number of aromatic carboxylic acids is 1. The van der Waals surface area contributed by atoms with Crippen molar-refractivity contribution >= 4 is 39.5 Å². The van der Waals surface area contributed by atoms with Crippen molar-refractivity contribution in [2.75, 3.05) is 7.11 Å². The monoisotopic (exact) mass is 635 g/mol. The Balaban J connectivity index is 0.000000215. The number of para-hydroxylation sites is 1. The number of carboxylic acids is 1. The van der Waals surface area contributed by atoms with Crippen molar-refractivity contribution in [1.82, 2.24) is 20.3 Å². The number of carbonyl (C=O) groups is 4. The van der Waals surface area contributed by atoms with Crippen molar-refractivity contribution in [3.63, 3.8) is 0 Å². The molecule has 45 heavy (non-hydrogen) atoms. The molecule has 14 heteroatoms. The molecular formula is C31H33N5O8S. The Hall–Kier alpha value is -5.11. The predicted molar refractivity (Wildman–Crippen MR) is 164 cm³/mol. The summed E-state index contributed by atoms with van der Waals surface area (Å²) < 4.78 is 31.9. The van der Waals surface area contributed by atoms with Gasteiger partial charge in [0.05, 0.1) is 23.1 Å². The van der Waals surface area contributed by atoms with E-state index < -0.39 is 27.4 Å². The Morgan fingerprint density at radius 3 is 2.22 bits per heavy atom. The van der Waals surface area contributed by atoms with E-state index in [9.17, 15) is 27.6 Å². The van der Waals surface area contributed by atoms with Gasteiger partial charge in [0.15, 0.2) is 5.84 Å². The van der Waals surface area contributed by atoms with E-state index in [2.05, 4.69) is 20.6 Å². The van der Waals surface area contributed by atoms with Crippen LogP contribution in [0, 0.1) is 5.92 Å². The van der Waals surface area contributed by atoms with Gasteiger partial charge in [-0.15, -0.1) is 0 Å². The van der Waals surface area contributed by atoms with E-state index in [0.29, 0.717) is 5.56 Å². The van der Waals surface area contributed by atoms with Gasteiger partial charge in [0, 0.05) is 17.8 Å². The maximum atomic E-state index is 12.4. The quantitative estimate of drug-likeness (QED) is 0.274. The molecule has 1 aliphatic heterocycles. The van der Waals surface area contributed by atoms with Crippen molar-refractivity contribution < 1.29 is 37.4 Å². The highest BCUT2D eigenvalue weighted by atomic mass is 32.2. The van der Waals surface area contributed by atoms with Gasteiger partial charge in [0.1, 0.15) is 17.0 Å². The number of benzene rings is 2. The van der Waals surface area contributed by atoms with Crippen LogP contribution in [0.5, 0.6) is 5.75 Å². The van der Waals surface area contributed by atoms with Crippen LogP contribution in [0.3, 0.4) is 0 Å². The zero-order chi connectivity index (χ0) is 32.9. The van der Waals surface area contributed by atoms with Crippen molar-refractivity contribution in [2.45, 2.75) is 50.1 Å². The van der Waals surface area contributed by atoms with E-state index in [1.807, 2.05) is 18.6 Å². The van der Waals surface area contributed by atoms with Crippen LogP contribution in [0.4, 0.5) is 0 Å². The molecule has 1 atom stereocenters.